The lowest BCUT2D eigenvalue weighted by atomic mass is 10.1. The topological polar surface area (TPSA) is 102 Å². The van der Waals surface area contributed by atoms with E-state index in [2.05, 4.69) is 26.5 Å². The predicted molar refractivity (Wildman–Crippen MR) is 145 cm³/mol. The molecule has 0 saturated heterocycles. The first-order valence-corrected chi connectivity index (χ1v) is 11.9. The number of carbonyl (C=O) groups is 1. The quantitative estimate of drug-likeness (QED) is 0.200. The Morgan fingerprint density at radius 3 is 2.81 bits per heavy atom. The van der Waals surface area contributed by atoms with Crippen molar-refractivity contribution in [1.82, 2.24) is 9.97 Å². The average Bonchev–Trinajstić information content (AvgIpc) is 3.44. The Kier molecular flexibility index (Phi) is 6.47. The summed E-state index contributed by atoms with van der Waals surface area (Å²) < 4.78 is 5.77. The summed E-state index contributed by atoms with van der Waals surface area (Å²) in [5.74, 6) is 3.41. The largest absolute Gasteiger partial charge is 0.484 e. The molecule has 7 nitrogen and oxygen atoms in total. The number of fused-ring (bicyclic) bond motifs is 1. The van der Waals surface area contributed by atoms with Gasteiger partial charge in [0, 0.05) is 21.5 Å². The summed E-state index contributed by atoms with van der Waals surface area (Å²) in [5, 5.41) is 8.86. The zero-order valence-electron chi connectivity index (χ0n) is 19.1. The van der Waals surface area contributed by atoms with Gasteiger partial charge in [0.25, 0.3) is 5.91 Å². The van der Waals surface area contributed by atoms with Gasteiger partial charge in [-0.05, 0) is 65.5 Å². The first-order chi connectivity index (χ1) is 17.6. The molecule has 5 aromatic rings. The number of nitrogens with two attached hydrogens (primary N) is 1. The minimum Gasteiger partial charge on any atom is -0.484 e. The highest BCUT2D eigenvalue weighted by molar-refractivity contribution is 7.13. The number of amides is 1. The molecule has 176 valence electrons. The Bertz CT molecular complexity index is 1590. The van der Waals surface area contributed by atoms with Crippen LogP contribution in [0.15, 0.2) is 84.5 Å². The summed E-state index contributed by atoms with van der Waals surface area (Å²) in [6, 6.07) is 22.4. The molecule has 8 heteroatoms. The van der Waals surface area contributed by atoms with Gasteiger partial charge in [-0.1, -0.05) is 24.1 Å². The van der Waals surface area contributed by atoms with E-state index in [1.165, 1.54) is 6.33 Å². The average molecular weight is 492 g/mol. The molecule has 0 aliphatic rings. The monoisotopic (exact) mass is 491 g/mol. The Hall–Kier alpha value is -4.87. The van der Waals surface area contributed by atoms with Gasteiger partial charge in [0.15, 0.2) is 6.61 Å². The highest BCUT2D eigenvalue weighted by Crippen LogP contribution is 2.30. The van der Waals surface area contributed by atoms with E-state index in [0.717, 1.165) is 32.6 Å². The van der Waals surface area contributed by atoms with Crippen LogP contribution in [0, 0.1) is 12.3 Å². The second-order valence-corrected chi connectivity index (χ2v) is 8.82. The molecule has 5 rings (SSSR count). The number of rotatable bonds is 7. The van der Waals surface area contributed by atoms with Crippen molar-refractivity contribution in [2.75, 3.05) is 23.0 Å². The molecule has 0 saturated carbocycles. The van der Waals surface area contributed by atoms with Crippen molar-refractivity contribution in [3.8, 4) is 28.5 Å². The first kappa shape index (κ1) is 22.9. The molecule has 0 aliphatic carbocycles. The minimum atomic E-state index is -0.320. The second kappa shape index (κ2) is 10.2. The lowest BCUT2D eigenvalue weighted by Crippen LogP contribution is -2.20. The minimum absolute atomic E-state index is 0.186. The van der Waals surface area contributed by atoms with Gasteiger partial charge in [-0.2, -0.15) is 0 Å². The van der Waals surface area contributed by atoms with E-state index in [1.807, 2.05) is 60.0 Å². The summed E-state index contributed by atoms with van der Waals surface area (Å²) in [7, 11) is 0. The van der Waals surface area contributed by atoms with Gasteiger partial charge in [0.05, 0.1) is 16.9 Å². The third-order valence-corrected chi connectivity index (χ3v) is 6.32. The number of anilines is 4. The number of terminal acetylenes is 1. The van der Waals surface area contributed by atoms with Crippen molar-refractivity contribution in [2.24, 2.45) is 0 Å². The molecule has 0 bridgehead atoms. The third-order valence-electron chi connectivity index (χ3n) is 5.40. The van der Waals surface area contributed by atoms with Crippen LogP contribution in [0.4, 0.5) is 22.9 Å². The number of aromatic nitrogens is 2. The molecule has 2 aromatic heterocycles. The molecule has 0 radical (unpaired) electrons. The zero-order valence-corrected chi connectivity index (χ0v) is 19.9. The highest BCUT2D eigenvalue weighted by atomic mass is 32.1. The van der Waals surface area contributed by atoms with Gasteiger partial charge < -0.3 is 21.1 Å². The lowest BCUT2D eigenvalue weighted by Gasteiger charge is -2.12. The van der Waals surface area contributed by atoms with Crippen LogP contribution in [-0.2, 0) is 4.79 Å². The number of benzene rings is 3. The third kappa shape index (κ3) is 5.12. The van der Waals surface area contributed by atoms with Crippen molar-refractivity contribution in [3.63, 3.8) is 0 Å². The maximum absolute atomic E-state index is 12.6. The molecule has 3 aromatic carbocycles. The molecule has 0 fully saturated rings. The van der Waals surface area contributed by atoms with Crippen LogP contribution >= 0.6 is 11.3 Å². The molecule has 0 unspecified atom stereocenters. The molecular formula is C28H21N5O2S. The SMILES string of the molecule is C#Cc1cccc(Nc2ncnc3ccc(OCC(=O)Nc4cc(-c5cccs5)ccc4N)cc23)c1. The summed E-state index contributed by atoms with van der Waals surface area (Å²) in [6.45, 7) is -0.186. The van der Waals surface area contributed by atoms with Crippen LogP contribution in [0.2, 0.25) is 0 Å². The van der Waals surface area contributed by atoms with Crippen LogP contribution in [0.1, 0.15) is 5.56 Å². The molecular weight excluding hydrogens is 470 g/mol. The number of nitrogens with one attached hydrogen (secondary N) is 2. The second-order valence-electron chi connectivity index (χ2n) is 7.87. The van der Waals surface area contributed by atoms with Crippen LogP contribution in [0.25, 0.3) is 21.3 Å². The number of ether oxygens (including phenoxy) is 1. The van der Waals surface area contributed by atoms with E-state index in [4.69, 9.17) is 16.9 Å². The predicted octanol–water partition coefficient (Wildman–Crippen LogP) is 5.68. The van der Waals surface area contributed by atoms with Gasteiger partial charge in [0.1, 0.15) is 17.9 Å². The van der Waals surface area contributed by atoms with Gasteiger partial charge in [0.2, 0.25) is 0 Å². The summed E-state index contributed by atoms with van der Waals surface area (Å²) in [6.07, 6.45) is 6.99. The van der Waals surface area contributed by atoms with E-state index >= 15 is 0 Å². The van der Waals surface area contributed by atoms with E-state index in [9.17, 15) is 4.79 Å². The first-order valence-electron chi connectivity index (χ1n) is 11.0. The van der Waals surface area contributed by atoms with Crippen LogP contribution in [0.3, 0.4) is 0 Å². The van der Waals surface area contributed by atoms with Crippen LogP contribution in [-0.4, -0.2) is 22.5 Å². The van der Waals surface area contributed by atoms with Gasteiger partial charge in [-0.25, -0.2) is 9.97 Å². The standard InChI is InChI=1S/C28H21N5O2S/c1-2-18-5-3-6-20(13-18)32-28-22-15-21(9-11-24(22)30-17-31-28)35-16-27(34)33-25-14-19(8-10-23(25)29)26-7-4-12-36-26/h1,3-15,17H,16,29H2,(H,33,34)(H,30,31,32). The fraction of sp³-hybridized carbons (Fsp3) is 0.0357. The number of thiophene rings is 1. The van der Waals surface area contributed by atoms with Crippen molar-refractivity contribution in [3.05, 3.63) is 90.1 Å². The smallest absolute Gasteiger partial charge is 0.262 e. The summed E-state index contributed by atoms with van der Waals surface area (Å²) in [5.41, 5.74) is 10.4. The normalized spacial score (nSPS) is 10.5. The fourth-order valence-corrected chi connectivity index (χ4v) is 4.37. The Morgan fingerprint density at radius 2 is 1.97 bits per heavy atom. The highest BCUT2D eigenvalue weighted by Gasteiger charge is 2.11. The van der Waals surface area contributed by atoms with Gasteiger partial charge >= 0.3 is 0 Å². The number of nitrogens with zero attached hydrogens (tertiary/aromatic N) is 2. The van der Waals surface area contributed by atoms with E-state index < -0.39 is 0 Å². The lowest BCUT2D eigenvalue weighted by molar-refractivity contribution is -0.118. The fourth-order valence-electron chi connectivity index (χ4n) is 3.64. The van der Waals surface area contributed by atoms with Crippen LogP contribution in [0.5, 0.6) is 5.75 Å². The van der Waals surface area contributed by atoms with E-state index in [-0.39, 0.29) is 12.5 Å². The van der Waals surface area contributed by atoms with Crippen molar-refractivity contribution >= 4 is 51.0 Å². The molecule has 1 amide bonds. The maximum Gasteiger partial charge on any atom is 0.262 e. The number of hydrogen-bond acceptors (Lipinski definition) is 7. The molecule has 0 spiro atoms. The van der Waals surface area contributed by atoms with E-state index in [0.29, 0.717) is 22.9 Å². The molecule has 0 aliphatic heterocycles. The summed E-state index contributed by atoms with van der Waals surface area (Å²) >= 11 is 1.62. The molecule has 0 atom stereocenters. The van der Waals surface area contributed by atoms with Crippen molar-refractivity contribution < 1.29 is 9.53 Å². The number of nitrogen functional groups attached to an aromatic ring is 1. The molecule has 2 heterocycles. The van der Waals surface area contributed by atoms with Crippen molar-refractivity contribution in [2.45, 2.75) is 0 Å². The van der Waals surface area contributed by atoms with E-state index in [1.54, 1.807) is 29.5 Å². The Morgan fingerprint density at radius 1 is 1.06 bits per heavy atom. The zero-order chi connectivity index (χ0) is 24.9. The molecule has 4 N–H and O–H groups in total. The van der Waals surface area contributed by atoms with Gasteiger partial charge in [-0.15, -0.1) is 17.8 Å². The number of hydrogen-bond donors (Lipinski definition) is 3. The summed E-state index contributed by atoms with van der Waals surface area (Å²) in [4.78, 5) is 22.4. The van der Waals surface area contributed by atoms with Crippen LogP contribution < -0.4 is 21.1 Å². The van der Waals surface area contributed by atoms with Gasteiger partial charge in [-0.3, -0.25) is 4.79 Å². The van der Waals surface area contributed by atoms with Crippen molar-refractivity contribution in [1.29, 1.82) is 0 Å². The molecule has 36 heavy (non-hydrogen) atoms. The maximum atomic E-state index is 12.6. The Balaban J connectivity index is 1.30. The number of carbonyl (C=O) groups excluding carboxylic acids is 1. The Labute approximate surface area is 212 Å².